The summed E-state index contributed by atoms with van der Waals surface area (Å²) in [6.07, 6.45) is 0.946. The van der Waals surface area contributed by atoms with Crippen molar-refractivity contribution in [3.05, 3.63) is 89.2 Å². The maximum Gasteiger partial charge on any atom is 0.344 e. The second kappa shape index (κ2) is 10.2. The molecule has 0 bridgehead atoms. The number of hydrogen-bond donors (Lipinski definition) is 2. The third-order valence-electron chi connectivity index (χ3n) is 4.48. The number of pyridine rings is 1. The molecule has 0 unspecified atom stereocenters. The van der Waals surface area contributed by atoms with Gasteiger partial charge in [-0.15, -0.1) is 0 Å². The molecule has 11 heteroatoms. The molecule has 1 amide bonds. The van der Waals surface area contributed by atoms with Crippen molar-refractivity contribution in [3.63, 3.8) is 0 Å². The monoisotopic (exact) mass is 503 g/mol. The number of benzene rings is 2. The lowest BCUT2D eigenvalue weighted by Gasteiger charge is -2.20. The van der Waals surface area contributed by atoms with E-state index < -0.39 is 50.3 Å². The zero-order valence-electron chi connectivity index (χ0n) is 19.1. The quantitative estimate of drug-likeness (QED) is 0.470. The van der Waals surface area contributed by atoms with Gasteiger partial charge in [0, 0.05) is 11.7 Å². The minimum atomic E-state index is -4.30. The number of esters is 1. The molecule has 0 aliphatic carbocycles. The molecule has 184 valence electrons. The zero-order valence-corrected chi connectivity index (χ0v) is 19.9. The molecule has 0 saturated heterocycles. The van der Waals surface area contributed by atoms with Gasteiger partial charge in [-0.05, 0) is 50.6 Å². The SMILES string of the molecule is CC(C)(C)NC(=O)c1ccc(S(=O)(=O)Nc2cc(F)c(C(=O)OCc3ccccc3)c(F)c2)cn1. The molecule has 0 saturated carbocycles. The maximum atomic E-state index is 14.5. The molecule has 0 atom stereocenters. The van der Waals surface area contributed by atoms with Crippen LogP contribution in [0.5, 0.6) is 0 Å². The van der Waals surface area contributed by atoms with Gasteiger partial charge in [0.25, 0.3) is 15.9 Å². The third kappa shape index (κ3) is 6.82. The first-order valence-corrected chi connectivity index (χ1v) is 11.9. The maximum absolute atomic E-state index is 14.5. The van der Waals surface area contributed by atoms with E-state index in [0.717, 1.165) is 12.3 Å². The summed E-state index contributed by atoms with van der Waals surface area (Å²) in [5.74, 6) is -4.32. The molecular formula is C24H23F2N3O5S. The summed E-state index contributed by atoms with van der Waals surface area (Å²) in [6, 6.07) is 12.2. The lowest BCUT2D eigenvalue weighted by atomic mass is 10.1. The lowest BCUT2D eigenvalue weighted by Crippen LogP contribution is -2.40. The van der Waals surface area contributed by atoms with Crippen molar-refractivity contribution < 1.29 is 31.5 Å². The van der Waals surface area contributed by atoms with Gasteiger partial charge in [0.2, 0.25) is 0 Å². The molecule has 3 rings (SSSR count). The van der Waals surface area contributed by atoms with Crippen LogP contribution in [0, 0.1) is 11.6 Å². The van der Waals surface area contributed by atoms with Crippen LogP contribution in [0.3, 0.4) is 0 Å². The van der Waals surface area contributed by atoms with Gasteiger partial charge in [-0.25, -0.2) is 27.0 Å². The first kappa shape index (κ1) is 25.8. The highest BCUT2D eigenvalue weighted by Crippen LogP contribution is 2.23. The highest BCUT2D eigenvalue weighted by Gasteiger charge is 2.23. The standard InChI is InChI=1S/C24H23F2N3O5S/c1-24(2,3)28-22(30)20-10-9-17(13-27-20)35(32,33)29-16-11-18(25)21(19(26)12-16)23(31)34-14-15-7-5-4-6-8-15/h4-13,29H,14H2,1-3H3,(H,28,30). The smallest absolute Gasteiger partial charge is 0.344 e. The summed E-state index contributed by atoms with van der Waals surface area (Å²) in [4.78, 5) is 27.8. The van der Waals surface area contributed by atoms with Crippen molar-refractivity contribution in [1.82, 2.24) is 10.3 Å². The molecule has 2 aromatic carbocycles. The number of amides is 1. The largest absolute Gasteiger partial charge is 0.457 e. The summed E-state index contributed by atoms with van der Waals surface area (Å²) in [5.41, 5.74) is -1.29. The minimum absolute atomic E-state index is 0.00525. The van der Waals surface area contributed by atoms with Gasteiger partial charge >= 0.3 is 5.97 Å². The number of nitrogens with zero attached hydrogens (tertiary/aromatic N) is 1. The van der Waals surface area contributed by atoms with Crippen LogP contribution in [0.2, 0.25) is 0 Å². The zero-order chi connectivity index (χ0) is 25.8. The highest BCUT2D eigenvalue weighted by molar-refractivity contribution is 7.92. The van der Waals surface area contributed by atoms with Crippen molar-refractivity contribution in [2.45, 2.75) is 37.8 Å². The molecular weight excluding hydrogens is 480 g/mol. The fourth-order valence-corrected chi connectivity index (χ4v) is 3.90. The summed E-state index contributed by atoms with van der Waals surface area (Å²) >= 11 is 0. The second-order valence-electron chi connectivity index (χ2n) is 8.57. The van der Waals surface area contributed by atoms with E-state index in [4.69, 9.17) is 4.74 Å². The van der Waals surface area contributed by atoms with E-state index in [1.807, 2.05) is 4.72 Å². The Bertz CT molecular complexity index is 1320. The Morgan fingerprint density at radius 2 is 1.63 bits per heavy atom. The van der Waals surface area contributed by atoms with E-state index in [1.54, 1.807) is 51.1 Å². The summed E-state index contributed by atoms with van der Waals surface area (Å²) in [5, 5.41) is 2.69. The van der Waals surface area contributed by atoms with E-state index >= 15 is 0 Å². The van der Waals surface area contributed by atoms with Gasteiger partial charge in [0.05, 0.1) is 5.69 Å². The van der Waals surface area contributed by atoms with Crippen LogP contribution in [0.25, 0.3) is 0 Å². The third-order valence-corrected chi connectivity index (χ3v) is 5.85. The Morgan fingerprint density at radius 3 is 2.17 bits per heavy atom. The van der Waals surface area contributed by atoms with Gasteiger partial charge < -0.3 is 10.1 Å². The van der Waals surface area contributed by atoms with Crippen molar-refractivity contribution in [1.29, 1.82) is 0 Å². The molecule has 35 heavy (non-hydrogen) atoms. The average Bonchev–Trinajstić information content (AvgIpc) is 2.76. The number of anilines is 1. The Labute approximate surface area is 201 Å². The fourth-order valence-electron chi connectivity index (χ4n) is 2.91. The molecule has 0 spiro atoms. The van der Waals surface area contributed by atoms with Crippen molar-refractivity contribution in [3.8, 4) is 0 Å². The predicted octanol–water partition coefficient (Wildman–Crippen LogP) is 4.05. The van der Waals surface area contributed by atoms with Crippen LogP contribution in [0.15, 0.2) is 65.7 Å². The number of hydrogen-bond acceptors (Lipinski definition) is 6. The molecule has 0 fully saturated rings. The molecule has 0 aliphatic heterocycles. The van der Waals surface area contributed by atoms with E-state index in [-0.39, 0.29) is 17.2 Å². The number of nitrogens with one attached hydrogen (secondary N) is 2. The molecule has 1 aromatic heterocycles. The number of aromatic nitrogens is 1. The number of rotatable bonds is 7. The lowest BCUT2D eigenvalue weighted by molar-refractivity contribution is 0.0461. The van der Waals surface area contributed by atoms with E-state index in [9.17, 15) is 26.8 Å². The Kier molecular flexibility index (Phi) is 7.49. The van der Waals surface area contributed by atoms with Gasteiger partial charge in [-0.3, -0.25) is 9.52 Å². The van der Waals surface area contributed by atoms with E-state index in [1.165, 1.54) is 6.07 Å². The Balaban J connectivity index is 1.73. The first-order valence-electron chi connectivity index (χ1n) is 10.4. The molecule has 8 nitrogen and oxygen atoms in total. The Hall–Kier alpha value is -3.86. The highest BCUT2D eigenvalue weighted by atomic mass is 32.2. The number of sulfonamides is 1. The van der Waals surface area contributed by atoms with Crippen molar-refractivity contribution in [2.24, 2.45) is 0 Å². The number of ether oxygens (including phenoxy) is 1. The average molecular weight is 504 g/mol. The van der Waals surface area contributed by atoms with Gasteiger partial charge in [0.15, 0.2) is 0 Å². The van der Waals surface area contributed by atoms with E-state index in [2.05, 4.69) is 10.3 Å². The Morgan fingerprint density at radius 1 is 1.00 bits per heavy atom. The van der Waals surface area contributed by atoms with Gasteiger partial charge in [-0.2, -0.15) is 0 Å². The van der Waals surface area contributed by atoms with Crippen LogP contribution in [-0.2, 0) is 21.4 Å². The fraction of sp³-hybridized carbons (Fsp3) is 0.208. The first-order chi connectivity index (χ1) is 16.4. The molecule has 0 aliphatic rings. The minimum Gasteiger partial charge on any atom is -0.457 e. The molecule has 0 radical (unpaired) electrons. The summed E-state index contributed by atoms with van der Waals surface area (Å²) in [6.45, 7) is 5.14. The number of carbonyl (C=O) groups excluding carboxylic acids is 2. The normalized spacial score (nSPS) is 11.6. The van der Waals surface area contributed by atoms with Crippen LogP contribution < -0.4 is 10.0 Å². The van der Waals surface area contributed by atoms with Crippen LogP contribution in [0.1, 0.15) is 47.2 Å². The second-order valence-corrected chi connectivity index (χ2v) is 10.2. The van der Waals surface area contributed by atoms with Gasteiger partial charge in [0.1, 0.15) is 34.4 Å². The van der Waals surface area contributed by atoms with Crippen molar-refractivity contribution in [2.75, 3.05) is 4.72 Å². The molecule has 3 aromatic rings. The van der Waals surface area contributed by atoms with Crippen LogP contribution >= 0.6 is 0 Å². The number of carbonyl (C=O) groups is 2. The van der Waals surface area contributed by atoms with Crippen LogP contribution in [-0.4, -0.2) is 30.8 Å². The topological polar surface area (TPSA) is 114 Å². The molecule has 2 N–H and O–H groups in total. The van der Waals surface area contributed by atoms with Crippen molar-refractivity contribution >= 4 is 27.6 Å². The van der Waals surface area contributed by atoms with Crippen LogP contribution in [0.4, 0.5) is 14.5 Å². The molecule has 1 heterocycles. The van der Waals surface area contributed by atoms with Gasteiger partial charge in [-0.1, -0.05) is 30.3 Å². The van der Waals surface area contributed by atoms with E-state index in [0.29, 0.717) is 17.7 Å². The predicted molar refractivity (Wildman–Crippen MR) is 124 cm³/mol. The summed E-state index contributed by atoms with van der Waals surface area (Å²) in [7, 11) is -4.30. The summed E-state index contributed by atoms with van der Waals surface area (Å²) < 4.78 is 61.2. The number of halogens is 2.